The first-order chi connectivity index (χ1) is 7.47. The van der Waals surface area contributed by atoms with Gasteiger partial charge in [-0.2, -0.15) is 0 Å². The molecule has 0 spiro atoms. The Labute approximate surface area is 96.9 Å². The molecule has 0 radical (unpaired) electrons. The first-order valence-electron chi connectivity index (χ1n) is 6.14. The molecule has 0 aromatic carbocycles. The SMILES string of the molecule is C[C@H]1C[C@@H]2OC(C)(C)O[C@]2(CCCCO)O1. The van der Waals surface area contributed by atoms with Crippen molar-refractivity contribution in [3.05, 3.63) is 0 Å². The summed E-state index contributed by atoms with van der Waals surface area (Å²) in [6.07, 6.45) is 3.61. The third-order valence-corrected chi connectivity index (χ3v) is 3.22. The van der Waals surface area contributed by atoms with Crippen LogP contribution >= 0.6 is 0 Å². The van der Waals surface area contributed by atoms with Crippen molar-refractivity contribution in [2.45, 2.75) is 70.2 Å². The third kappa shape index (κ3) is 2.25. The maximum absolute atomic E-state index is 8.82. The minimum atomic E-state index is -0.571. The van der Waals surface area contributed by atoms with Crippen LogP contribution in [0.2, 0.25) is 0 Å². The van der Waals surface area contributed by atoms with E-state index in [1.807, 2.05) is 20.8 Å². The van der Waals surface area contributed by atoms with E-state index in [0.29, 0.717) is 0 Å². The van der Waals surface area contributed by atoms with Crippen molar-refractivity contribution in [2.24, 2.45) is 0 Å². The minimum absolute atomic E-state index is 0.0381. The van der Waals surface area contributed by atoms with Crippen molar-refractivity contribution in [3.8, 4) is 0 Å². The van der Waals surface area contributed by atoms with Crippen molar-refractivity contribution in [2.75, 3.05) is 6.61 Å². The molecule has 2 aliphatic heterocycles. The highest BCUT2D eigenvalue weighted by Crippen LogP contribution is 2.47. The van der Waals surface area contributed by atoms with Gasteiger partial charge in [-0.25, -0.2) is 0 Å². The summed E-state index contributed by atoms with van der Waals surface area (Å²) in [5.74, 6) is -1.12. The van der Waals surface area contributed by atoms with E-state index >= 15 is 0 Å². The Morgan fingerprint density at radius 1 is 1.25 bits per heavy atom. The molecule has 2 saturated heterocycles. The largest absolute Gasteiger partial charge is 0.396 e. The van der Waals surface area contributed by atoms with Gasteiger partial charge in [0.05, 0.1) is 6.10 Å². The number of hydrogen-bond donors (Lipinski definition) is 1. The molecule has 0 amide bonds. The summed E-state index contributed by atoms with van der Waals surface area (Å²) in [6.45, 7) is 6.12. The van der Waals surface area contributed by atoms with Crippen molar-refractivity contribution < 1.29 is 19.3 Å². The van der Waals surface area contributed by atoms with Gasteiger partial charge in [0.1, 0.15) is 6.10 Å². The van der Waals surface area contributed by atoms with E-state index in [1.54, 1.807) is 0 Å². The molecule has 0 aliphatic carbocycles. The summed E-state index contributed by atoms with van der Waals surface area (Å²) in [6, 6.07) is 0. The lowest BCUT2D eigenvalue weighted by atomic mass is 10.0. The zero-order valence-corrected chi connectivity index (χ0v) is 10.4. The summed E-state index contributed by atoms with van der Waals surface area (Å²) in [7, 11) is 0. The second-order valence-corrected chi connectivity index (χ2v) is 5.27. The predicted molar refractivity (Wildman–Crippen MR) is 58.9 cm³/mol. The Bertz CT molecular complexity index is 253. The predicted octanol–water partition coefficient (Wildman–Crippen LogP) is 1.81. The van der Waals surface area contributed by atoms with Gasteiger partial charge in [-0.3, -0.25) is 0 Å². The lowest BCUT2D eigenvalue weighted by Gasteiger charge is -2.28. The van der Waals surface area contributed by atoms with Crippen LogP contribution in [-0.4, -0.2) is 35.5 Å². The minimum Gasteiger partial charge on any atom is -0.396 e. The molecular weight excluding hydrogens is 208 g/mol. The molecule has 0 aromatic heterocycles. The highest BCUT2D eigenvalue weighted by molar-refractivity contribution is 4.95. The van der Waals surface area contributed by atoms with Crippen molar-refractivity contribution in [1.82, 2.24) is 0 Å². The summed E-state index contributed by atoms with van der Waals surface area (Å²) in [5.41, 5.74) is 0. The average Bonchev–Trinajstić information content (AvgIpc) is 2.52. The molecule has 0 aromatic rings. The van der Waals surface area contributed by atoms with Crippen LogP contribution in [0.3, 0.4) is 0 Å². The number of hydrogen-bond acceptors (Lipinski definition) is 4. The summed E-state index contributed by atoms with van der Waals surface area (Å²) >= 11 is 0. The number of aliphatic hydroxyl groups excluding tert-OH is 1. The second-order valence-electron chi connectivity index (χ2n) is 5.27. The van der Waals surface area contributed by atoms with Gasteiger partial charge in [-0.05, 0) is 33.6 Å². The van der Waals surface area contributed by atoms with Gasteiger partial charge in [-0.15, -0.1) is 0 Å². The normalized spacial score (nSPS) is 41.2. The molecule has 0 bridgehead atoms. The van der Waals surface area contributed by atoms with Crippen LogP contribution in [0.15, 0.2) is 0 Å². The molecule has 2 heterocycles. The zero-order valence-electron chi connectivity index (χ0n) is 10.4. The molecule has 4 nitrogen and oxygen atoms in total. The molecule has 0 unspecified atom stereocenters. The Kier molecular flexibility index (Phi) is 3.27. The standard InChI is InChI=1S/C12H22O4/c1-9-8-10-12(14-9,6-4-5-7-13)16-11(2,3)15-10/h9-10,13H,4-8H2,1-3H3/t9-,10-,12-/m0/s1. The fourth-order valence-electron chi connectivity index (χ4n) is 2.71. The number of rotatable bonds is 4. The highest BCUT2D eigenvalue weighted by Gasteiger charge is 2.58. The smallest absolute Gasteiger partial charge is 0.198 e. The summed E-state index contributed by atoms with van der Waals surface area (Å²) in [5, 5.41) is 8.82. The van der Waals surface area contributed by atoms with Gasteiger partial charge in [0.25, 0.3) is 0 Å². The molecule has 2 rings (SSSR count). The van der Waals surface area contributed by atoms with Crippen molar-refractivity contribution in [1.29, 1.82) is 0 Å². The fraction of sp³-hybridized carbons (Fsp3) is 1.00. The highest BCUT2D eigenvalue weighted by atomic mass is 16.8. The first-order valence-corrected chi connectivity index (χ1v) is 6.14. The van der Waals surface area contributed by atoms with E-state index in [2.05, 4.69) is 0 Å². The monoisotopic (exact) mass is 230 g/mol. The molecule has 16 heavy (non-hydrogen) atoms. The second kappa shape index (κ2) is 4.26. The molecule has 4 heteroatoms. The lowest BCUT2D eigenvalue weighted by Crippen LogP contribution is -2.38. The van der Waals surface area contributed by atoms with E-state index in [-0.39, 0.29) is 18.8 Å². The van der Waals surface area contributed by atoms with Crippen molar-refractivity contribution in [3.63, 3.8) is 0 Å². The number of fused-ring (bicyclic) bond motifs is 1. The molecular formula is C12H22O4. The quantitative estimate of drug-likeness (QED) is 0.748. The fourth-order valence-corrected chi connectivity index (χ4v) is 2.71. The topological polar surface area (TPSA) is 47.9 Å². The maximum Gasteiger partial charge on any atom is 0.198 e. The average molecular weight is 230 g/mol. The Balaban J connectivity index is 2.02. The van der Waals surface area contributed by atoms with E-state index in [1.165, 1.54) is 0 Å². The van der Waals surface area contributed by atoms with Crippen LogP contribution in [0, 0.1) is 0 Å². The van der Waals surface area contributed by atoms with Gasteiger partial charge in [-0.1, -0.05) is 0 Å². The van der Waals surface area contributed by atoms with Crippen LogP contribution in [0.4, 0.5) is 0 Å². The number of aliphatic hydroxyl groups is 1. The van der Waals surface area contributed by atoms with Crippen LogP contribution in [0.25, 0.3) is 0 Å². The third-order valence-electron chi connectivity index (χ3n) is 3.22. The Morgan fingerprint density at radius 2 is 2.00 bits per heavy atom. The van der Waals surface area contributed by atoms with Crippen molar-refractivity contribution >= 4 is 0 Å². The summed E-state index contributed by atoms with van der Waals surface area (Å²) < 4.78 is 17.7. The Morgan fingerprint density at radius 3 is 2.69 bits per heavy atom. The molecule has 0 saturated carbocycles. The van der Waals surface area contributed by atoms with Crippen LogP contribution in [0.5, 0.6) is 0 Å². The molecule has 1 N–H and O–H groups in total. The zero-order chi connectivity index (χ0) is 11.8. The number of unbranched alkanes of at least 4 members (excludes halogenated alkanes) is 1. The maximum atomic E-state index is 8.82. The molecule has 3 atom stereocenters. The van der Waals surface area contributed by atoms with Crippen LogP contribution < -0.4 is 0 Å². The molecule has 2 fully saturated rings. The van der Waals surface area contributed by atoms with Gasteiger partial charge in [0.2, 0.25) is 0 Å². The van der Waals surface area contributed by atoms with Gasteiger partial charge in [0, 0.05) is 19.4 Å². The van der Waals surface area contributed by atoms with Crippen LogP contribution in [0.1, 0.15) is 46.5 Å². The van der Waals surface area contributed by atoms with Gasteiger partial charge >= 0.3 is 0 Å². The Hall–Kier alpha value is -0.160. The first kappa shape index (κ1) is 12.3. The van der Waals surface area contributed by atoms with E-state index in [9.17, 15) is 0 Å². The van der Waals surface area contributed by atoms with E-state index in [0.717, 1.165) is 25.7 Å². The molecule has 2 aliphatic rings. The summed E-state index contributed by atoms with van der Waals surface area (Å²) in [4.78, 5) is 0. The lowest BCUT2D eigenvalue weighted by molar-refractivity contribution is -0.260. The molecule has 94 valence electrons. The van der Waals surface area contributed by atoms with E-state index < -0.39 is 11.6 Å². The van der Waals surface area contributed by atoms with Gasteiger partial charge in [0.15, 0.2) is 11.6 Å². The van der Waals surface area contributed by atoms with Gasteiger partial charge < -0.3 is 19.3 Å². The number of ether oxygens (including phenoxy) is 3. The van der Waals surface area contributed by atoms with Crippen LogP contribution in [-0.2, 0) is 14.2 Å². The van der Waals surface area contributed by atoms with E-state index in [4.69, 9.17) is 19.3 Å².